The van der Waals surface area contributed by atoms with E-state index >= 15 is 0 Å². The smallest absolute Gasteiger partial charge is 0.277 e. The molecule has 1 atom stereocenters. The molecular formula is C24H25ClN4O2S. The lowest BCUT2D eigenvalue weighted by atomic mass is 9.93. The number of halogens is 1. The van der Waals surface area contributed by atoms with Crippen molar-refractivity contribution in [3.8, 4) is 10.6 Å². The van der Waals surface area contributed by atoms with Gasteiger partial charge >= 0.3 is 0 Å². The number of fused-ring (bicyclic) bond motifs is 1. The van der Waals surface area contributed by atoms with Crippen LogP contribution in [-0.4, -0.2) is 33.2 Å². The lowest BCUT2D eigenvalue weighted by Gasteiger charge is -2.43. The molecule has 0 unspecified atom stereocenters. The molecule has 2 amide bonds. The zero-order valence-corrected chi connectivity index (χ0v) is 19.7. The van der Waals surface area contributed by atoms with Crippen LogP contribution in [0, 0.1) is 6.92 Å². The maximum absolute atomic E-state index is 13.8. The number of rotatable bonds is 4. The fourth-order valence-corrected chi connectivity index (χ4v) is 5.71. The molecule has 0 radical (unpaired) electrons. The summed E-state index contributed by atoms with van der Waals surface area (Å²) in [6.45, 7) is 4.01. The number of amides is 2. The molecule has 0 saturated heterocycles. The minimum absolute atomic E-state index is 0.144. The van der Waals surface area contributed by atoms with E-state index in [-0.39, 0.29) is 24.4 Å². The third-order valence-electron chi connectivity index (χ3n) is 6.45. The van der Waals surface area contributed by atoms with Gasteiger partial charge in [-0.25, -0.2) is 0 Å². The maximum atomic E-state index is 13.8. The van der Waals surface area contributed by atoms with Crippen LogP contribution < -0.4 is 10.2 Å². The van der Waals surface area contributed by atoms with Crippen LogP contribution in [-0.2, 0) is 11.3 Å². The quantitative estimate of drug-likeness (QED) is 0.582. The van der Waals surface area contributed by atoms with Crippen molar-refractivity contribution in [1.82, 2.24) is 15.1 Å². The zero-order valence-electron chi connectivity index (χ0n) is 18.1. The molecule has 32 heavy (non-hydrogen) atoms. The van der Waals surface area contributed by atoms with Crippen LogP contribution in [0.2, 0.25) is 5.02 Å². The van der Waals surface area contributed by atoms with Crippen molar-refractivity contribution in [2.24, 2.45) is 0 Å². The molecule has 1 N–H and O–H groups in total. The molecule has 0 spiro atoms. The normalized spacial score (nSPS) is 21.1. The topological polar surface area (TPSA) is 67.2 Å². The Bertz CT molecular complexity index is 1180. The van der Waals surface area contributed by atoms with Crippen molar-refractivity contribution in [2.75, 3.05) is 4.90 Å². The van der Waals surface area contributed by atoms with Crippen LogP contribution in [0.3, 0.4) is 0 Å². The van der Waals surface area contributed by atoms with E-state index < -0.39 is 5.54 Å². The molecule has 2 aromatic heterocycles. The molecule has 1 aromatic carbocycles. The molecule has 0 bridgehead atoms. The van der Waals surface area contributed by atoms with Gasteiger partial charge in [0.2, 0.25) is 5.91 Å². The molecular weight excluding hydrogens is 444 g/mol. The number of aryl methyl sites for hydroxylation is 1. The molecule has 1 fully saturated rings. The highest BCUT2D eigenvalue weighted by molar-refractivity contribution is 7.13. The molecule has 3 heterocycles. The maximum Gasteiger partial charge on any atom is 0.277 e. The van der Waals surface area contributed by atoms with E-state index in [1.165, 1.54) is 0 Å². The Labute approximate surface area is 196 Å². The van der Waals surface area contributed by atoms with Crippen molar-refractivity contribution in [3.63, 3.8) is 0 Å². The third kappa shape index (κ3) is 3.53. The highest BCUT2D eigenvalue weighted by Crippen LogP contribution is 2.38. The predicted octanol–water partition coefficient (Wildman–Crippen LogP) is 5.05. The number of benzene rings is 1. The van der Waals surface area contributed by atoms with E-state index in [9.17, 15) is 9.59 Å². The number of carbonyl (C=O) groups excluding carboxylic acids is 2. The fraction of sp³-hybridized carbons (Fsp3) is 0.375. The van der Waals surface area contributed by atoms with Gasteiger partial charge in [0.05, 0.1) is 22.1 Å². The predicted molar refractivity (Wildman–Crippen MR) is 127 cm³/mol. The molecule has 1 aliphatic carbocycles. The number of nitrogens with zero attached hydrogens (tertiary/aromatic N) is 3. The summed E-state index contributed by atoms with van der Waals surface area (Å²) < 4.78 is 1.67. The fourth-order valence-electron chi connectivity index (χ4n) is 4.71. The first-order chi connectivity index (χ1) is 15.4. The van der Waals surface area contributed by atoms with E-state index in [4.69, 9.17) is 11.6 Å². The van der Waals surface area contributed by atoms with Crippen LogP contribution in [0.15, 0.2) is 41.8 Å². The van der Waals surface area contributed by atoms with Crippen LogP contribution in [0.1, 0.15) is 48.7 Å². The van der Waals surface area contributed by atoms with Gasteiger partial charge in [-0.05, 0) is 61.9 Å². The number of hydrogen-bond acceptors (Lipinski definition) is 4. The van der Waals surface area contributed by atoms with E-state index in [0.29, 0.717) is 16.4 Å². The summed E-state index contributed by atoms with van der Waals surface area (Å²) in [5, 5.41) is 10.3. The number of anilines is 1. The summed E-state index contributed by atoms with van der Waals surface area (Å²) in [7, 11) is 0. The largest absolute Gasteiger partial charge is 0.351 e. The highest BCUT2D eigenvalue weighted by atomic mass is 35.5. The lowest BCUT2D eigenvalue weighted by Crippen LogP contribution is -2.65. The number of carbonyl (C=O) groups is 2. The van der Waals surface area contributed by atoms with Crippen molar-refractivity contribution in [2.45, 2.75) is 57.7 Å². The van der Waals surface area contributed by atoms with Gasteiger partial charge in [-0.2, -0.15) is 5.10 Å². The van der Waals surface area contributed by atoms with Crippen molar-refractivity contribution < 1.29 is 9.59 Å². The van der Waals surface area contributed by atoms with Crippen LogP contribution in [0.25, 0.3) is 10.6 Å². The highest BCUT2D eigenvalue weighted by Gasteiger charge is 2.50. The average molecular weight is 469 g/mol. The molecule has 3 aromatic rings. The molecule has 166 valence electrons. The van der Waals surface area contributed by atoms with Gasteiger partial charge in [0, 0.05) is 6.04 Å². The second-order valence-corrected chi connectivity index (χ2v) is 10.2. The van der Waals surface area contributed by atoms with Crippen LogP contribution in [0.4, 0.5) is 5.69 Å². The van der Waals surface area contributed by atoms with Gasteiger partial charge in [0.25, 0.3) is 5.91 Å². The Balaban J connectivity index is 1.60. The first-order valence-corrected chi connectivity index (χ1v) is 12.2. The van der Waals surface area contributed by atoms with Gasteiger partial charge < -0.3 is 5.32 Å². The lowest BCUT2D eigenvalue weighted by molar-refractivity contribution is -0.127. The van der Waals surface area contributed by atoms with Crippen molar-refractivity contribution in [1.29, 1.82) is 0 Å². The number of thiophene rings is 1. The minimum Gasteiger partial charge on any atom is -0.351 e. The molecule has 2 aliphatic rings. The van der Waals surface area contributed by atoms with Gasteiger partial charge in [-0.15, -0.1) is 11.3 Å². The molecule has 8 heteroatoms. The summed E-state index contributed by atoms with van der Waals surface area (Å²) in [6, 6.07) is 11.4. The number of nitrogens with one attached hydrogen (secondary N) is 1. The Morgan fingerprint density at radius 2 is 2.03 bits per heavy atom. The minimum atomic E-state index is -1.16. The van der Waals surface area contributed by atoms with E-state index in [0.717, 1.165) is 41.8 Å². The summed E-state index contributed by atoms with van der Waals surface area (Å²) >= 11 is 8.17. The number of hydrogen-bond donors (Lipinski definition) is 1. The summed E-state index contributed by atoms with van der Waals surface area (Å²) in [5.74, 6) is -0.449. The van der Waals surface area contributed by atoms with Crippen molar-refractivity contribution in [3.05, 3.63) is 58.1 Å². The molecule has 5 rings (SSSR count). The Morgan fingerprint density at radius 3 is 2.72 bits per heavy atom. The molecule has 1 aliphatic heterocycles. The van der Waals surface area contributed by atoms with E-state index in [2.05, 4.69) is 10.4 Å². The Morgan fingerprint density at radius 1 is 1.25 bits per heavy atom. The number of aromatic nitrogens is 2. The Kier molecular flexibility index (Phi) is 5.34. The summed E-state index contributed by atoms with van der Waals surface area (Å²) in [6.07, 6.45) is 4.16. The van der Waals surface area contributed by atoms with Gasteiger partial charge in [0.1, 0.15) is 16.9 Å². The average Bonchev–Trinajstić information content (AvgIpc) is 3.50. The van der Waals surface area contributed by atoms with Gasteiger partial charge in [0.15, 0.2) is 0 Å². The van der Waals surface area contributed by atoms with Crippen LogP contribution >= 0.6 is 22.9 Å². The van der Waals surface area contributed by atoms with Crippen molar-refractivity contribution >= 4 is 40.4 Å². The first kappa shape index (κ1) is 21.2. The second-order valence-electron chi connectivity index (χ2n) is 8.87. The zero-order chi connectivity index (χ0) is 22.5. The third-order valence-corrected chi connectivity index (χ3v) is 7.65. The van der Waals surface area contributed by atoms with Crippen LogP contribution in [0.5, 0.6) is 0 Å². The standard InChI is InChI=1S/C24H25ClN4O2S/c1-15-9-10-19(17(25)12-15)29-22(30)20-13-18(21-8-5-11-32-21)27-28(20)14-24(29,2)23(31)26-16-6-3-4-7-16/h5,8-13,16H,3-4,6-7,14H2,1-2H3,(H,26,31)/t24-/m0/s1. The monoisotopic (exact) mass is 468 g/mol. The Hall–Kier alpha value is -2.64. The summed E-state index contributed by atoms with van der Waals surface area (Å²) in [5.41, 5.74) is 1.56. The first-order valence-electron chi connectivity index (χ1n) is 10.9. The van der Waals surface area contributed by atoms with Gasteiger partial charge in [-0.3, -0.25) is 19.2 Å². The van der Waals surface area contributed by atoms with E-state index in [1.54, 1.807) is 33.9 Å². The van der Waals surface area contributed by atoms with Gasteiger partial charge in [-0.1, -0.05) is 36.6 Å². The SMILES string of the molecule is Cc1ccc(N2C(=O)c3cc(-c4cccs4)nn3C[C@@]2(C)C(=O)NC2CCCC2)c(Cl)c1. The van der Waals surface area contributed by atoms with E-state index in [1.807, 2.05) is 42.6 Å². The second kappa shape index (κ2) is 8.05. The molecule has 6 nitrogen and oxygen atoms in total. The molecule has 1 saturated carbocycles. The summed E-state index contributed by atoms with van der Waals surface area (Å²) in [4.78, 5) is 30.0.